The Kier molecular flexibility index (Phi) is 3.56. The van der Waals surface area contributed by atoms with E-state index in [1.807, 2.05) is 6.92 Å². The third-order valence-corrected chi connectivity index (χ3v) is 3.71. The lowest BCUT2D eigenvalue weighted by atomic mass is 10.1. The Hall–Kier alpha value is -0.940. The van der Waals surface area contributed by atoms with Gasteiger partial charge in [-0.2, -0.15) is 0 Å². The second kappa shape index (κ2) is 4.93. The van der Waals surface area contributed by atoms with Crippen molar-refractivity contribution in [2.24, 2.45) is 5.92 Å². The van der Waals surface area contributed by atoms with Gasteiger partial charge < -0.3 is 5.11 Å². The van der Waals surface area contributed by atoms with Gasteiger partial charge in [0.05, 0.1) is 10.7 Å². The number of carboxylic acid groups (broad SMARTS) is 1. The van der Waals surface area contributed by atoms with Gasteiger partial charge in [-0.1, -0.05) is 0 Å². The highest BCUT2D eigenvalue weighted by molar-refractivity contribution is 7.09. The van der Waals surface area contributed by atoms with Crippen LogP contribution in [0.15, 0.2) is 5.38 Å². The number of hydrogen-bond donors (Lipinski definition) is 1. The highest BCUT2D eigenvalue weighted by Crippen LogP contribution is 2.21. The summed E-state index contributed by atoms with van der Waals surface area (Å²) < 4.78 is 0. The topological polar surface area (TPSA) is 53.4 Å². The van der Waals surface area contributed by atoms with E-state index in [4.69, 9.17) is 5.11 Å². The van der Waals surface area contributed by atoms with Crippen LogP contribution in [0.25, 0.3) is 0 Å². The van der Waals surface area contributed by atoms with Gasteiger partial charge in [-0.3, -0.25) is 9.69 Å². The van der Waals surface area contributed by atoms with Gasteiger partial charge in [0.25, 0.3) is 0 Å². The molecule has 1 N–H and O–H groups in total. The number of thiazole rings is 1. The lowest BCUT2D eigenvalue weighted by molar-refractivity contribution is -0.138. The molecule has 2 heterocycles. The second-order valence-electron chi connectivity index (χ2n) is 4.35. The number of carboxylic acids is 1. The molecule has 1 aromatic heterocycles. The van der Waals surface area contributed by atoms with Crippen LogP contribution in [0.4, 0.5) is 0 Å². The molecular weight excluding hydrogens is 224 g/mol. The van der Waals surface area contributed by atoms with Gasteiger partial charge in [-0.05, 0) is 25.8 Å². The minimum Gasteiger partial charge on any atom is -0.481 e. The van der Waals surface area contributed by atoms with Crippen LogP contribution in [0.5, 0.6) is 0 Å². The summed E-state index contributed by atoms with van der Waals surface area (Å²) in [6, 6.07) is 0. The SMILES string of the molecule is Cc1nc(CN2CCC(CC(=O)O)C2)cs1. The standard InChI is InChI=1S/C11H16N2O2S/c1-8-12-10(7-16-8)6-13-3-2-9(5-13)4-11(14)15/h7,9H,2-6H2,1H3,(H,14,15). The zero-order valence-electron chi connectivity index (χ0n) is 9.35. The first-order valence-electron chi connectivity index (χ1n) is 5.48. The van der Waals surface area contributed by atoms with Gasteiger partial charge in [-0.15, -0.1) is 11.3 Å². The summed E-state index contributed by atoms with van der Waals surface area (Å²) in [5.41, 5.74) is 1.11. The molecule has 1 atom stereocenters. The molecular formula is C11H16N2O2S. The van der Waals surface area contributed by atoms with Crippen molar-refractivity contribution in [3.05, 3.63) is 16.1 Å². The Morgan fingerprint density at radius 2 is 2.56 bits per heavy atom. The Balaban J connectivity index is 1.82. The highest BCUT2D eigenvalue weighted by atomic mass is 32.1. The number of carbonyl (C=O) groups is 1. The molecule has 88 valence electrons. The lowest BCUT2D eigenvalue weighted by Gasteiger charge is -2.13. The smallest absolute Gasteiger partial charge is 0.303 e. The second-order valence-corrected chi connectivity index (χ2v) is 5.41. The summed E-state index contributed by atoms with van der Waals surface area (Å²) in [6.45, 7) is 4.75. The molecule has 1 aliphatic rings. The van der Waals surface area contributed by atoms with Gasteiger partial charge >= 0.3 is 5.97 Å². The zero-order valence-corrected chi connectivity index (χ0v) is 10.2. The van der Waals surface area contributed by atoms with Crippen molar-refractivity contribution in [2.45, 2.75) is 26.3 Å². The van der Waals surface area contributed by atoms with E-state index < -0.39 is 5.97 Å². The molecule has 2 rings (SSSR count). The third-order valence-electron chi connectivity index (χ3n) is 2.89. The van der Waals surface area contributed by atoms with Crippen molar-refractivity contribution in [3.8, 4) is 0 Å². The van der Waals surface area contributed by atoms with Gasteiger partial charge in [0.2, 0.25) is 0 Å². The summed E-state index contributed by atoms with van der Waals surface area (Å²) in [5.74, 6) is -0.367. The first kappa shape index (κ1) is 11.5. The van der Waals surface area contributed by atoms with Crippen LogP contribution in [-0.4, -0.2) is 34.0 Å². The van der Waals surface area contributed by atoms with E-state index in [9.17, 15) is 4.79 Å². The quantitative estimate of drug-likeness (QED) is 0.871. The number of aromatic nitrogens is 1. The molecule has 1 fully saturated rings. The number of rotatable bonds is 4. The fourth-order valence-electron chi connectivity index (χ4n) is 2.18. The molecule has 5 heteroatoms. The normalized spacial score (nSPS) is 21.4. The monoisotopic (exact) mass is 240 g/mol. The van der Waals surface area contributed by atoms with E-state index in [0.29, 0.717) is 12.3 Å². The van der Waals surface area contributed by atoms with E-state index in [0.717, 1.165) is 36.8 Å². The van der Waals surface area contributed by atoms with E-state index >= 15 is 0 Å². The maximum absolute atomic E-state index is 10.6. The van der Waals surface area contributed by atoms with Gasteiger partial charge in [-0.25, -0.2) is 4.98 Å². The molecule has 0 saturated carbocycles. The highest BCUT2D eigenvalue weighted by Gasteiger charge is 2.24. The van der Waals surface area contributed by atoms with Crippen molar-refractivity contribution in [1.29, 1.82) is 0 Å². The van der Waals surface area contributed by atoms with Gasteiger partial charge in [0.1, 0.15) is 0 Å². The van der Waals surface area contributed by atoms with Gasteiger partial charge in [0, 0.05) is 24.9 Å². The van der Waals surface area contributed by atoms with E-state index in [2.05, 4.69) is 15.3 Å². The fourth-order valence-corrected chi connectivity index (χ4v) is 2.78. The molecule has 0 bridgehead atoms. The Morgan fingerprint density at radius 1 is 1.75 bits per heavy atom. The predicted octanol–water partition coefficient (Wildman–Crippen LogP) is 1.75. The molecule has 0 radical (unpaired) electrons. The van der Waals surface area contributed by atoms with Crippen LogP contribution in [0.1, 0.15) is 23.5 Å². The first-order chi connectivity index (χ1) is 7.63. The largest absolute Gasteiger partial charge is 0.481 e. The molecule has 0 aromatic carbocycles. The number of aliphatic carboxylic acids is 1. The molecule has 16 heavy (non-hydrogen) atoms. The van der Waals surface area contributed by atoms with Crippen molar-refractivity contribution in [3.63, 3.8) is 0 Å². The van der Waals surface area contributed by atoms with Crippen molar-refractivity contribution < 1.29 is 9.90 Å². The maximum Gasteiger partial charge on any atom is 0.303 e. The maximum atomic E-state index is 10.6. The molecule has 1 saturated heterocycles. The summed E-state index contributed by atoms with van der Waals surface area (Å²) in [6.07, 6.45) is 1.29. The molecule has 4 nitrogen and oxygen atoms in total. The number of hydrogen-bond acceptors (Lipinski definition) is 4. The molecule has 0 spiro atoms. The van der Waals surface area contributed by atoms with E-state index in [1.54, 1.807) is 11.3 Å². The number of aryl methyl sites for hydroxylation is 1. The summed E-state index contributed by atoms with van der Waals surface area (Å²) in [5, 5.41) is 11.9. The van der Waals surface area contributed by atoms with Crippen molar-refractivity contribution in [2.75, 3.05) is 13.1 Å². The van der Waals surface area contributed by atoms with Crippen LogP contribution in [0.3, 0.4) is 0 Å². The molecule has 1 aliphatic heterocycles. The predicted molar refractivity (Wildman–Crippen MR) is 62.5 cm³/mol. The first-order valence-corrected chi connectivity index (χ1v) is 6.36. The fraction of sp³-hybridized carbons (Fsp3) is 0.636. The zero-order chi connectivity index (χ0) is 11.5. The summed E-state index contributed by atoms with van der Waals surface area (Å²) in [7, 11) is 0. The Morgan fingerprint density at radius 3 is 3.19 bits per heavy atom. The number of likely N-dealkylation sites (tertiary alicyclic amines) is 1. The van der Waals surface area contributed by atoms with E-state index in [-0.39, 0.29) is 0 Å². The molecule has 1 unspecified atom stereocenters. The van der Waals surface area contributed by atoms with Gasteiger partial charge in [0.15, 0.2) is 0 Å². The Labute approximate surface area is 98.9 Å². The van der Waals surface area contributed by atoms with Crippen LogP contribution >= 0.6 is 11.3 Å². The van der Waals surface area contributed by atoms with Crippen LogP contribution in [-0.2, 0) is 11.3 Å². The number of nitrogens with zero attached hydrogens (tertiary/aromatic N) is 2. The Bertz CT molecular complexity index is 378. The van der Waals surface area contributed by atoms with Crippen LogP contribution in [0, 0.1) is 12.8 Å². The lowest BCUT2D eigenvalue weighted by Crippen LogP contribution is -2.21. The van der Waals surface area contributed by atoms with E-state index in [1.165, 1.54) is 0 Å². The average molecular weight is 240 g/mol. The minimum atomic E-state index is -0.684. The molecule has 0 aliphatic carbocycles. The summed E-state index contributed by atoms with van der Waals surface area (Å²) >= 11 is 1.67. The van der Waals surface area contributed by atoms with Crippen molar-refractivity contribution in [1.82, 2.24) is 9.88 Å². The van der Waals surface area contributed by atoms with Crippen LogP contribution < -0.4 is 0 Å². The summed E-state index contributed by atoms with van der Waals surface area (Å²) in [4.78, 5) is 17.3. The van der Waals surface area contributed by atoms with Crippen LogP contribution in [0.2, 0.25) is 0 Å². The van der Waals surface area contributed by atoms with Crippen molar-refractivity contribution >= 4 is 17.3 Å². The molecule has 1 aromatic rings. The minimum absolute atomic E-state index is 0.298. The average Bonchev–Trinajstić information content (AvgIpc) is 2.76. The molecule has 0 amide bonds. The third kappa shape index (κ3) is 3.02.